The van der Waals surface area contributed by atoms with Gasteiger partial charge in [0, 0.05) is 6.04 Å². The van der Waals surface area contributed by atoms with Gasteiger partial charge in [-0.25, -0.2) is 4.98 Å². The summed E-state index contributed by atoms with van der Waals surface area (Å²) >= 11 is 0. The molecule has 0 radical (unpaired) electrons. The van der Waals surface area contributed by atoms with Crippen LogP contribution in [0.15, 0.2) is 24.3 Å². The summed E-state index contributed by atoms with van der Waals surface area (Å²) in [6, 6.07) is 9.63. The van der Waals surface area contributed by atoms with Crippen LogP contribution in [0.25, 0.3) is 11.0 Å². The predicted molar refractivity (Wildman–Crippen MR) is 84.1 cm³/mol. The van der Waals surface area contributed by atoms with Crippen LogP contribution in [0.4, 0.5) is 0 Å². The first-order valence-electron chi connectivity index (χ1n) is 7.92. The van der Waals surface area contributed by atoms with Gasteiger partial charge in [-0.05, 0) is 38.9 Å². The first kappa shape index (κ1) is 13.6. The fourth-order valence-electron chi connectivity index (χ4n) is 3.69. The Bertz CT molecular complexity index is 573. The molecule has 0 amide bonds. The zero-order chi connectivity index (χ0) is 13.9. The normalized spacial score (nSPS) is 24.5. The van der Waals surface area contributed by atoms with Crippen molar-refractivity contribution in [1.82, 2.24) is 14.9 Å². The van der Waals surface area contributed by atoms with Crippen LogP contribution in [0.5, 0.6) is 0 Å². The van der Waals surface area contributed by atoms with Crippen molar-refractivity contribution in [3.63, 3.8) is 0 Å². The summed E-state index contributed by atoms with van der Waals surface area (Å²) in [5, 5.41) is 3.55. The van der Waals surface area contributed by atoms with E-state index in [1.807, 2.05) is 0 Å². The SMILES string of the molecule is CNC1CCCCCCC1n1c(C)nc2ccccc21. The van der Waals surface area contributed by atoms with Gasteiger partial charge in [-0.3, -0.25) is 0 Å². The number of para-hydroxylation sites is 2. The molecule has 1 fully saturated rings. The second-order valence-electron chi connectivity index (χ2n) is 5.97. The predicted octanol–water partition coefficient (Wildman–Crippen LogP) is 3.83. The molecule has 0 saturated heterocycles. The lowest BCUT2D eigenvalue weighted by Crippen LogP contribution is -2.36. The molecule has 3 nitrogen and oxygen atoms in total. The minimum absolute atomic E-state index is 0.535. The molecule has 0 aliphatic heterocycles. The molecule has 1 saturated carbocycles. The van der Waals surface area contributed by atoms with Crippen LogP contribution in [-0.2, 0) is 0 Å². The minimum Gasteiger partial charge on any atom is -0.324 e. The Hall–Kier alpha value is -1.35. The van der Waals surface area contributed by atoms with E-state index in [4.69, 9.17) is 4.98 Å². The molecular formula is C17H25N3. The average Bonchev–Trinajstić information content (AvgIpc) is 2.75. The van der Waals surface area contributed by atoms with E-state index in [9.17, 15) is 0 Å². The maximum atomic E-state index is 4.75. The Balaban J connectivity index is 2.03. The van der Waals surface area contributed by atoms with E-state index in [-0.39, 0.29) is 0 Å². The number of fused-ring (bicyclic) bond motifs is 1. The smallest absolute Gasteiger partial charge is 0.107 e. The number of imidazole rings is 1. The quantitative estimate of drug-likeness (QED) is 0.899. The summed E-state index contributed by atoms with van der Waals surface area (Å²) in [5.41, 5.74) is 2.41. The molecule has 1 N–H and O–H groups in total. The van der Waals surface area contributed by atoms with Crippen LogP contribution in [0, 0.1) is 6.92 Å². The van der Waals surface area contributed by atoms with Gasteiger partial charge in [0.25, 0.3) is 0 Å². The number of nitrogens with one attached hydrogen (secondary N) is 1. The molecule has 3 heteroatoms. The second kappa shape index (κ2) is 5.96. The number of likely N-dealkylation sites (N-methyl/N-ethyl adjacent to an activating group) is 1. The molecule has 0 spiro atoms. The number of benzene rings is 1. The molecule has 2 unspecified atom stereocenters. The second-order valence-corrected chi connectivity index (χ2v) is 5.97. The van der Waals surface area contributed by atoms with Crippen molar-refractivity contribution in [2.45, 2.75) is 57.5 Å². The Kier molecular flexibility index (Phi) is 4.06. The van der Waals surface area contributed by atoms with Gasteiger partial charge in [-0.2, -0.15) is 0 Å². The minimum atomic E-state index is 0.535. The third-order valence-electron chi connectivity index (χ3n) is 4.70. The highest BCUT2D eigenvalue weighted by Gasteiger charge is 2.25. The molecular weight excluding hydrogens is 246 g/mol. The monoisotopic (exact) mass is 271 g/mol. The summed E-state index contributed by atoms with van der Waals surface area (Å²) in [4.78, 5) is 4.75. The fraction of sp³-hybridized carbons (Fsp3) is 0.588. The number of rotatable bonds is 2. The molecule has 1 aromatic carbocycles. The largest absolute Gasteiger partial charge is 0.324 e. The summed E-state index contributed by atoms with van der Waals surface area (Å²) < 4.78 is 2.47. The summed E-state index contributed by atoms with van der Waals surface area (Å²) in [5.74, 6) is 1.15. The highest BCUT2D eigenvalue weighted by molar-refractivity contribution is 5.76. The van der Waals surface area contributed by atoms with Crippen molar-refractivity contribution in [3.05, 3.63) is 30.1 Å². The van der Waals surface area contributed by atoms with Gasteiger partial charge in [0.1, 0.15) is 5.82 Å². The van der Waals surface area contributed by atoms with Crippen molar-refractivity contribution in [2.75, 3.05) is 7.05 Å². The molecule has 20 heavy (non-hydrogen) atoms. The standard InChI is InChI=1S/C17H25N3/c1-13-19-15-10-7-8-12-17(15)20(13)16-11-6-4-3-5-9-14(16)18-2/h7-8,10,12,14,16,18H,3-6,9,11H2,1-2H3. The van der Waals surface area contributed by atoms with Crippen LogP contribution in [0.3, 0.4) is 0 Å². The van der Waals surface area contributed by atoms with E-state index >= 15 is 0 Å². The van der Waals surface area contributed by atoms with Crippen LogP contribution in [-0.4, -0.2) is 22.6 Å². The van der Waals surface area contributed by atoms with Gasteiger partial charge >= 0.3 is 0 Å². The van der Waals surface area contributed by atoms with Crippen molar-refractivity contribution in [3.8, 4) is 0 Å². The Morgan fingerprint density at radius 1 is 1.10 bits per heavy atom. The molecule has 2 atom stereocenters. The lowest BCUT2D eigenvalue weighted by atomic mass is 9.92. The van der Waals surface area contributed by atoms with Crippen molar-refractivity contribution < 1.29 is 0 Å². The van der Waals surface area contributed by atoms with Crippen molar-refractivity contribution in [2.24, 2.45) is 0 Å². The lowest BCUT2D eigenvalue weighted by molar-refractivity contribution is 0.297. The lowest BCUT2D eigenvalue weighted by Gasteiger charge is -2.31. The molecule has 1 aliphatic rings. The molecule has 108 valence electrons. The molecule has 3 rings (SSSR count). The third kappa shape index (κ3) is 2.47. The van der Waals surface area contributed by atoms with E-state index in [1.54, 1.807) is 0 Å². The van der Waals surface area contributed by atoms with E-state index < -0.39 is 0 Å². The summed E-state index contributed by atoms with van der Waals surface area (Å²) in [7, 11) is 2.10. The van der Waals surface area contributed by atoms with Gasteiger partial charge in [-0.15, -0.1) is 0 Å². The van der Waals surface area contributed by atoms with E-state index in [1.165, 1.54) is 44.0 Å². The van der Waals surface area contributed by atoms with Crippen molar-refractivity contribution >= 4 is 11.0 Å². The molecule has 1 heterocycles. The number of nitrogens with zero attached hydrogens (tertiary/aromatic N) is 2. The van der Waals surface area contributed by atoms with Crippen molar-refractivity contribution in [1.29, 1.82) is 0 Å². The van der Waals surface area contributed by atoms with Gasteiger partial charge in [-0.1, -0.05) is 37.8 Å². The summed E-state index contributed by atoms with van der Waals surface area (Å²) in [6.07, 6.45) is 7.95. The Morgan fingerprint density at radius 2 is 1.85 bits per heavy atom. The number of hydrogen-bond donors (Lipinski definition) is 1. The topological polar surface area (TPSA) is 29.9 Å². The van der Waals surface area contributed by atoms with E-state index in [0.717, 1.165) is 11.3 Å². The van der Waals surface area contributed by atoms with Crippen LogP contribution < -0.4 is 5.32 Å². The summed E-state index contributed by atoms with van der Waals surface area (Å²) in [6.45, 7) is 2.14. The van der Waals surface area contributed by atoms with Gasteiger partial charge in [0.05, 0.1) is 17.1 Å². The Morgan fingerprint density at radius 3 is 2.65 bits per heavy atom. The van der Waals surface area contributed by atoms with Crippen LogP contribution in [0.2, 0.25) is 0 Å². The number of aryl methyl sites for hydroxylation is 1. The first-order valence-corrected chi connectivity index (χ1v) is 7.92. The van der Waals surface area contributed by atoms with Gasteiger partial charge < -0.3 is 9.88 Å². The Labute approximate surface area is 121 Å². The average molecular weight is 271 g/mol. The maximum absolute atomic E-state index is 4.75. The molecule has 1 aliphatic carbocycles. The van der Waals surface area contributed by atoms with Crippen LogP contribution in [0.1, 0.15) is 50.4 Å². The number of aromatic nitrogens is 2. The first-order chi connectivity index (χ1) is 9.81. The van der Waals surface area contributed by atoms with E-state index in [0.29, 0.717) is 12.1 Å². The number of hydrogen-bond acceptors (Lipinski definition) is 2. The third-order valence-corrected chi connectivity index (χ3v) is 4.70. The highest BCUT2D eigenvalue weighted by Crippen LogP contribution is 2.31. The zero-order valence-electron chi connectivity index (χ0n) is 12.6. The molecule has 0 bridgehead atoms. The highest BCUT2D eigenvalue weighted by atomic mass is 15.1. The molecule has 2 aromatic rings. The van der Waals surface area contributed by atoms with Crippen LogP contribution >= 0.6 is 0 Å². The van der Waals surface area contributed by atoms with Gasteiger partial charge in [0.2, 0.25) is 0 Å². The fourth-order valence-corrected chi connectivity index (χ4v) is 3.69. The zero-order valence-corrected chi connectivity index (χ0v) is 12.6. The van der Waals surface area contributed by atoms with E-state index in [2.05, 4.69) is 48.1 Å². The maximum Gasteiger partial charge on any atom is 0.107 e. The molecule has 1 aromatic heterocycles. The van der Waals surface area contributed by atoms with Gasteiger partial charge in [0.15, 0.2) is 0 Å².